The van der Waals surface area contributed by atoms with E-state index in [-0.39, 0.29) is 18.1 Å². The third-order valence-electron chi connectivity index (χ3n) is 7.85. The molecule has 2 rings (SSSR count). The minimum Gasteiger partial charge on any atom is -0.467 e. The second kappa shape index (κ2) is 12.6. The lowest BCUT2D eigenvalue weighted by Gasteiger charge is -2.49. The second-order valence-electron chi connectivity index (χ2n) is 13.6. The number of nitrogens with zero attached hydrogens (tertiary/aromatic N) is 2. The van der Waals surface area contributed by atoms with Crippen LogP contribution in [-0.2, 0) is 19.9 Å². The lowest BCUT2D eigenvalue weighted by atomic mass is 9.79. The highest BCUT2D eigenvalue weighted by Gasteiger charge is 2.47. The number of esters is 1. The molecule has 4 amide bonds. The molecule has 12 heteroatoms. The zero-order valence-corrected chi connectivity index (χ0v) is 25.2. The van der Waals surface area contributed by atoms with Gasteiger partial charge < -0.3 is 26.0 Å². The number of rotatable bonds is 9. The maximum Gasteiger partial charge on any atom is 0.328 e. The summed E-state index contributed by atoms with van der Waals surface area (Å²) in [7, 11) is 1.27. The van der Waals surface area contributed by atoms with Crippen LogP contribution >= 0.6 is 0 Å². The van der Waals surface area contributed by atoms with Crippen molar-refractivity contribution in [1.82, 2.24) is 31.4 Å². The van der Waals surface area contributed by atoms with E-state index in [1.54, 1.807) is 0 Å². The topological polar surface area (TPSA) is 155 Å². The van der Waals surface area contributed by atoms with E-state index >= 15 is 0 Å². The first-order valence-electron chi connectivity index (χ1n) is 13.9. The Morgan fingerprint density at radius 2 is 1.15 bits per heavy atom. The van der Waals surface area contributed by atoms with Gasteiger partial charge in [-0.15, -0.1) is 20.5 Å². The molecule has 0 bridgehead atoms. The Morgan fingerprint density at radius 3 is 1.56 bits per heavy atom. The first-order valence-corrected chi connectivity index (χ1v) is 13.9. The van der Waals surface area contributed by atoms with Crippen LogP contribution in [-0.4, -0.2) is 82.1 Å². The monoisotopic (exact) mass is 554 g/mol. The van der Waals surface area contributed by atoms with Crippen molar-refractivity contribution in [1.29, 1.82) is 0 Å². The third kappa shape index (κ3) is 8.92. The van der Waals surface area contributed by atoms with Crippen molar-refractivity contribution in [3.8, 4) is 0 Å². The largest absolute Gasteiger partial charge is 0.467 e. The van der Waals surface area contributed by atoms with Crippen molar-refractivity contribution in [2.75, 3.05) is 13.7 Å². The normalized spacial score (nSPS) is 23.9. The Morgan fingerprint density at radius 1 is 0.744 bits per heavy atom. The van der Waals surface area contributed by atoms with Crippen LogP contribution in [0.2, 0.25) is 0 Å². The number of carbonyl (C=O) groups excluding carboxylic acids is 3. The number of hydroxylamine groups is 4. The Labute approximate surface area is 233 Å². The van der Waals surface area contributed by atoms with Crippen LogP contribution in [0.1, 0.15) is 100 Å². The van der Waals surface area contributed by atoms with Gasteiger partial charge in [-0.2, -0.15) is 0 Å². The van der Waals surface area contributed by atoms with E-state index in [1.807, 2.05) is 55.4 Å². The Kier molecular flexibility index (Phi) is 10.7. The molecule has 1 unspecified atom stereocenters. The zero-order chi connectivity index (χ0) is 29.8. The minimum atomic E-state index is -0.828. The van der Waals surface area contributed by atoms with Gasteiger partial charge in [-0.1, -0.05) is 0 Å². The number of hydrogen-bond donors (Lipinski definition) is 4. The number of nitrogens with one attached hydrogen (secondary N) is 4. The van der Waals surface area contributed by atoms with Gasteiger partial charge in [0.25, 0.3) is 0 Å². The van der Waals surface area contributed by atoms with E-state index in [4.69, 9.17) is 4.74 Å². The van der Waals surface area contributed by atoms with Gasteiger partial charge in [-0.25, -0.2) is 14.4 Å². The fourth-order valence-corrected chi connectivity index (χ4v) is 6.42. The van der Waals surface area contributed by atoms with Gasteiger partial charge in [0.1, 0.15) is 6.04 Å². The molecular weight excluding hydrogens is 504 g/mol. The molecule has 4 N–H and O–H groups in total. The minimum absolute atomic E-state index is 0.108. The number of ether oxygens (including phenoxy) is 1. The molecule has 0 aromatic heterocycles. The average Bonchev–Trinajstić information content (AvgIpc) is 2.78. The molecule has 2 aliphatic heterocycles. The summed E-state index contributed by atoms with van der Waals surface area (Å²) in [5, 5.41) is 38.7. The second-order valence-corrected chi connectivity index (χ2v) is 13.6. The summed E-state index contributed by atoms with van der Waals surface area (Å²) in [4.78, 5) is 37.4. The molecule has 2 radical (unpaired) electrons. The van der Waals surface area contributed by atoms with Crippen LogP contribution in [0.15, 0.2) is 0 Å². The molecular formula is C27H50N6O6. The number of methoxy groups -OCH3 is 1. The Balaban J connectivity index is 1.77. The van der Waals surface area contributed by atoms with Gasteiger partial charge in [0, 0.05) is 40.8 Å². The fourth-order valence-electron chi connectivity index (χ4n) is 6.42. The van der Waals surface area contributed by atoms with E-state index in [2.05, 4.69) is 21.3 Å². The Bertz CT molecular complexity index is 841. The summed E-state index contributed by atoms with van der Waals surface area (Å²) in [6.07, 6.45) is 3.64. The molecule has 0 aromatic rings. The van der Waals surface area contributed by atoms with Gasteiger partial charge in [0.15, 0.2) is 0 Å². The van der Waals surface area contributed by atoms with Crippen molar-refractivity contribution in [3.63, 3.8) is 0 Å². The van der Waals surface area contributed by atoms with Crippen LogP contribution in [0, 0.1) is 0 Å². The average molecular weight is 555 g/mol. The predicted molar refractivity (Wildman–Crippen MR) is 145 cm³/mol. The van der Waals surface area contributed by atoms with E-state index in [1.165, 1.54) is 7.11 Å². The molecule has 2 aliphatic rings. The lowest BCUT2D eigenvalue weighted by Crippen LogP contribution is -2.63. The van der Waals surface area contributed by atoms with Gasteiger partial charge in [-0.05, 0) is 100 Å². The van der Waals surface area contributed by atoms with E-state index in [9.17, 15) is 24.8 Å². The van der Waals surface area contributed by atoms with Crippen LogP contribution in [0.4, 0.5) is 9.59 Å². The van der Waals surface area contributed by atoms with Gasteiger partial charge in [0.2, 0.25) is 0 Å². The number of carbonyl (C=O) groups is 3. The highest BCUT2D eigenvalue weighted by Crippen LogP contribution is 2.38. The number of unbranched alkanes of at least 4 members (excludes halogenated alkanes) is 1. The maximum atomic E-state index is 12.7. The van der Waals surface area contributed by atoms with E-state index in [0.29, 0.717) is 51.5 Å². The highest BCUT2D eigenvalue weighted by molar-refractivity contribution is 5.83. The molecule has 0 spiro atoms. The predicted octanol–water partition coefficient (Wildman–Crippen LogP) is 3.03. The van der Waals surface area contributed by atoms with Crippen molar-refractivity contribution in [2.24, 2.45) is 0 Å². The molecule has 2 heterocycles. The molecule has 2 fully saturated rings. The van der Waals surface area contributed by atoms with E-state index < -0.39 is 40.2 Å². The van der Waals surface area contributed by atoms with Crippen molar-refractivity contribution < 1.29 is 29.5 Å². The SMILES string of the molecule is COC(=O)C(CCCCNC(=O)NC1CC(C)(C)N([O])C(C)(C)C1)NC(=O)NC1CC(C)(C)N([O])C(C)(C)C1. The first-order chi connectivity index (χ1) is 17.8. The molecule has 224 valence electrons. The van der Waals surface area contributed by atoms with Crippen molar-refractivity contribution in [2.45, 2.75) is 141 Å². The maximum absolute atomic E-state index is 12.7. The standard InChI is InChI=1S/C27H50N6O6/c1-24(2)14-18(15-25(3,4)32(24)37)29-22(35)28-13-11-10-12-20(21(34)39-9)31-23(36)30-19-16-26(5,6)33(38)27(7,8)17-19/h18-20H,10-17H2,1-9H3,(H2,28,29,35)(H2,30,31,36). The fraction of sp³-hybridized carbons (Fsp3) is 0.889. The quantitative estimate of drug-likeness (QED) is 0.254. The van der Waals surface area contributed by atoms with Gasteiger partial charge >= 0.3 is 18.0 Å². The van der Waals surface area contributed by atoms with Crippen LogP contribution < -0.4 is 21.3 Å². The summed E-state index contributed by atoms with van der Waals surface area (Å²) in [5.41, 5.74) is -2.38. The lowest BCUT2D eigenvalue weighted by molar-refractivity contribution is -0.289. The number of amides is 4. The number of piperidine rings is 2. The van der Waals surface area contributed by atoms with Crippen LogP contribution in [0.3, 0.4) is 0 Å². The number of hydrogen-bond acceptors (Lipinski definition) is 6. The van der Waals surface area contributed by atoms with E-state index in [0.717, 1.165) is 10.1 Å². The molecule has 2 saturated heterocycles. The molecule has 12 nitrogen and oxygen atoms in total. The zero-order valence-electron chi connectivity index (χ0n) is 25.2. The molecule has 1 atom stereocenters. The smallest absolute Gasteiger partial charge is 0.328 e. The molecule has 0 aromatic carbocycles. The van der Waals surface area contributed by atoms with Crippen molar-refractivity contribution in [3.05, 3.63) is 0 Å². The molecule has 0 saturated carbocycles. The number of urea groups is 2. The summed E-state index contributed by atoms with van der Waals surface area (Å²) < 4.78 is 4.87. The summed E-state index contributed by atoms with van der Waals surface area (Å²) in [5.74, 6) is -0.541. The summed E-state index contributed by atoms with van der Waals surface area (Å²) in [6, 6.07) is -1.91. The first kappa shape index (κ1) is 33.1. The van der Waals surface area contributed by atoms with Crippen LogP contribution in [0.5, 0.6) is 0 Å². The highest BCUT2D eigenvalue weighted by atomic mass is 16.5. The van der Waals surface area contributed by atoms with Gasteiger partial charge in [-0.3, -0.25) is 0 Å². The summed E-state index contributed by atoms with van der Waals surface area (Å²) >= 11 is 0. The van der Waals surface area contributed by atoms with Crippen LogP contribution in [0.25, 0.3) is 0 Å². The Hall–Kier alpha value is -2.15. The molecule has 0 aliphatic carbocycles. The third-order valence-corrected chi connectivity index (χ3v) is 7.85. The van der Waals surface area contributed by atoms with Crippen molar-refractivity contribution >= 4 is 18.0 Å². The van der Waals surface area contributed by atoms with Gasteiger partial charge in [0.05, 0.1) is 7.11 Å². The summed E-state index contributed by atoms with van der Waals surface area (Å²) in [6.45, 7) is 15.4. The molecule has 39 heavy (non-hydrogen) atoms.